The van der Waals surface area contributed by atoms with E-state index in [0.717, 1.165) is 22.8 Å². The first-order chi connectivity index (χ1) is 13.6. The van der Waals surface area contributed by atoms with E-state index in [4.69, 9.17) is 4.74 Å². The van der Waals surface area contributed by atoms with Gasteiger partial charge < -0.3 is 14.6 Å². The third-order valence-corrected chi connectivity index (χ3v) is 5.22. The molecule has 0 saturated carbocycles. The second-order valence-corrected chi connectivity index (χ2v) is 7.34. The van der Waals surface area contributed by atoms with Crippen molar-refractivity contribution in [3.8, 4) is 5.75 Å². The summed E-state index contributed by atoms with van der Waals surface area (Å²) in [6.07, 6.45) is 0. The molecular weight excluding hydrogens is 372 g/mol. The monoisotopic (exact) mass is 396 g/mol. The van der Waals surface area contributed by atoms with E-state index in [-0.39, 0.29) is 11.7 Å². The lowest BCUT2D eigenvalue weighted by atomic mass is 10.2. The molecule has 6 nitrogen and oxygen atoms in total. The van der Waals surface area contributed by atoms with Gasteiger partial charge >= 0.3 is 0 Å². The average Bonchev–Trinajstić information content (AvgIpc) is 3.09. The summed E-state index contributed by atoms with van der Waals surface area (Å²) < 4.78 is 7.78. The summed E-state index contributed by atoms with van der Waals surface area (Å²) in [7, 11) is 0. The molecule has 2 aromatic carbocycles. The van der Waals surface area contributed by atoms with Crippen LogP contribution in [0.25, 0.3) is 0 Å². The van der Waals surface area contributed by atoms with Crippen molar-refractivity contribution in [1.29, 1.82) is 0 Å². The SMILES string of the molecule is CCn1c(COc2ccc(C)cc2)nnc1SCC(=O)Nc1ccccc1C. The Balaban J connectivity index is 1.58. The Labute approximate surface area is 169 Å². The number of nitrogens with one attached hydrogen (secondary N) is 1. The maximum absolute atomic E-state index is 12.3. The number of ether oxygens (including phenoxy) is 1. The first-order valence-corrected chi connectivity index (χ1v) is 10.1. The molecule has 146 valence electrons. The quantitative estimate of drug-likeness (QED) is 0.577. The molecule has 0 aliphatic rings. The Morgan fingerprint density at radius 3 is 2.57 bits per heavy atom. The number of carbonyl (C=O) groups excluding carboxylic acids is 1. The Kier molecular flexibility index (Phi) is 6.71. The third-order valence-electron chi connectivity index (χ3n) is 4.25. The molecule has 0 aliphatic heterocycles. The summed E-state index contributed by atoms with van der Waals surface area (Å²) in [6, 6.07) is 15.6. The summed E-state index contributed by atoms with van der Waals surface area (Å²) in [5.41, 5.74) is 3.05. The number of para-hydroxylation sites is 1. The molecule has 3 aromatic rings. The molecule has 28 heavy (non-hydrogen) atoms. The molecule has 0 radical (unpaired) electrons. The summed E-state index contributed by atoms with van der Waals surface area (Å²) in [6.45, 7) is 7.07. The number of nitrogens with zero attached hydrogens (tertiary/aromatic N) is 3. The highest BCUT2D eigenvalue weighted by Crippen LogP contribution is 2.20. The zero-order valence-electron chi connectivity index (χ0n) is 16.3. The van der Waals surface area contributed by atoms with Gasteiger partial charge in [0.05, 0.1) is 5.75 Å². The third kappa shape index (κ3) is 5.13. The average molecular weight is 397 g/mol. The molecule has 0 spiro atoms. The van der Waals surface area contributed by atoms with Crippen molar-refractivity contribution in [1.82, 2.24) is 14.8 Å². The van der Waals surface area contributed by atoms with Crippen molar-refractivity contribution >= 4 is 23.4 Å². The van der Waals surface area contributed by atoms with Gasteiger partial charge in [-0.2, -0.15) is 0 Å². The molecule has 0 aliphatic carbocycles. The highest BCUT2D eigenvalue weighted by atomic mass is 32.2. The van der Waals surface area contributed by atoms with Gasteiger partial charge in [0.2, 0.25) is 5.91 Å². The summed E-state index contributed by atoms with van der Waals surface area (Å²) >= 11 is 1.37. The number of amides is 1. The Morgan fingerprint density at radius 2 is 1.86 bits per heavy atom. The number of carbonyl (C=O) groups is 1. The number of anilines is 1. The Hall–Kier alpha value is -2.80. The standard InChI is InChI=1S/C21H24N4O2S/c1-4-25-19(13-27-17-11-9-15(2)10-12-17)23-24-21(25)28-14-20(26)22-18-8-6-5-7-16(18)3/h5-12H,4,13-14H2,1-3H3,(H,22,26). The van der Waals surface area contributed by atoms with Crippen LogP contribution in [-0.2, 0) is 17.9 Å². The van der Waals surface area contributed by atoms with E-state index in [1.54, 1.807) is 0 Å². The molecule has 0 bridgehead atoms. The van der Waals surface area contributed by atoms with Crippen LogP contribution in [0, 0.1) is 13.8 Å². The number of aryl methyl sites for hydroxylation is 2. The predicted octanol–water partition coefficient (Wildman–Crippen LogP) is 4.22. The molecular formula is C21H24N4O2S. The molecule has 1 amide bonds. The van der Waals surface area contributed by atoms with Gasteiger partial charge in [-0.1, -0.05) is 47.7 Å². The topological polar surface area (TPSA) is 69.0 Å². The largest absolute Gasteiger partial charge is 0.486 e. The molecule has 1 heterocycles. The molecule has 0 saturated heterocycles. The van der Waals surface area contributed by atoms with Crippen LogP contribution in [0.15, 0.2) is 53.7 Å². The van der Waals surface area contributed by atoms with E-state index in [0.29, 0.717) is 18.3 Å². The van der Waals surface area contributed by atoms with Crippen LogP contribution in [-0.4, -0.2) is 26.4 Å². The van der Waals surface area contributed by atoms with Crippen LogP contribution in [0.5, 0.6) is 5.75 Å². The van der Waals surface area contributed by atoms with E-state index in [2.05, 4.69) is 15.5 Å². The van der Waals surface area contributed by atoms with Crippen molar-refractivity contribution in [3.63, 3.8) is 0 Å². The number of hydrogen-bond donors (Lipinski definition) is 1. The number of benzene rings is 2. The highest BCUT2D eigenvalue weighted by molar-refractivity contribution is 7.99. The first kappa shape index (κ1) is 19.9. The van der Waals surface area contributed by atoms with E-state index in [1.165, 1.54) is 17.3 Å². The van der Waals surface area contributed by atoms with Gasteiger partial charge in [0, 0.05) is 12.2 Å². The van der Waals surface area contributed by atoms with Crippen LogP contribution in [0.1, 0.15) is 23.9 Å². The fraction of sp³-hybridized carbons (Fsp3) is 0.286. The van der Waals surface area contributed by atoms with Crippen LogP contribution >= 0.6 is 11.8 Å². The Morgan fingerprint density at radius 1 is 1.11 bits per heavy atom. The van der Waals surface area contributed by atoms with E-state index in [1.807, 2.05) is 73.9 Å². The van der Waals surface area contributed by atoms with E-state index < -0.39 is 0 Å². The van der Waals surface area contributed by atoms with Crippen molar-refractivity contribution < 1.29 is 9.53 Å². The normalized spacial score (nSPS) is 10.7. The number of rotatable bonds is 8. The van der Waals surface area contributed by atoms with Crippen molar-refractivity contribution in [2.45, 2.75) is 39.1 Å². The number of thioether (sulfide) groups is 1. The van der Waals surface area contributed by atoms with Crippen molar-refractivity contribution in [2.24, 2.45) is 0 Å². The highest BCUT2D eigenvalue weighted by Gasteiger charge is 2.14. The lowest BCUT2D eigenvalue weighted by Crippen LogP contribution is -2.15. The predicted molar refractivity (Wildman–Crippen MR) is 112 cm³/mol. The minimum absolute atomic E-state index is 0.0672. The Bertz CT molecular complexity index is 938. The van der Waals surface area contributed by atoms with Gasteiger partial charge in [0.1, 0.15) is 12.4 Å². The minimum Gasteiger partial charge on any atom is -0.486 e. The summed E-state index contributed by atoms with van der Waals surface area (Å²) in [4.78, 5) is 12.3. The van der Waals surface area contributed by atoms with Crippen LogP contribution in [0.4, 0.5) is 5.69 Å². The van der Waals surface area contributed by atoms with Gasteiger partial charge in [0.25, 0.3) is 0 Å². The number of aromatic nitrogens is 3. The fourth-order valence-corrected chi connectivity index (χ4v) is 3.48. The molecule has 1 aromatic heterocycles. The maximum Gasteiger partial charge on any atom is 0.234 e. The van der Waals surface area contributed by atoms with Gasteiger partial charge in [-0.05, 0) is 44.5 Å². The molecule has 0 atom stereocenters. The van der Waals surface area contributed by atoms with E-state index in [9.17, 15) is 4.79 Å². The van der Waals surface area contributed by atoms with Crippen LogP contribution in [0.2, 0.25) is 0 Å². The summed E-state index contributed by atoms with van der Waals surface area (Å²) in [5.74, 6) is 1.74. The van der Waals surface area contributed by atoms with Gasteiger partial charge in [-0.15, -0.1) is 10.2 Å². The van der Waals surface area contributed by atoms with E-state index >= 15 is 0 Å². The smallest absolute Gasteiger partial charge is 0.234 e. The fourth-order valence-electron chi connectivity index (χ4n) is 2.66. The van der Waals surface area contributed by atoms with Gasteiger partial charge in [0.15, 0.2) is 11.0 Å². The molecule has 0 unspecified atom stereocenters. The second kappa shape index (κ2) is 9.41. The van der Waals surface area contributed by atoms with Crippen LogP contribution < -0.4 is 10.1 Å². The molecule has 0 fully saturated rings. The minimum atomic E-state index is -0.0672. The second-order valence-electron chi connectivity index (χ2n) is 6.40. The maximum atomic E-state index is 12.3. The first-order valence-electron chi connectivity index (χ1n) is 9.16. The van der Waals surface area contributed by atoms with Crippen LogP contribution in [0.3, 0.4) is 0 Å². The van der Waals surface area contributed by atoms with Gasteiger partial charge in [-0.25, -0.2) is 0 Å². The molecule has 1 N–H and O–H groups in total. The molecule has 7 heteroatoms. The summed E-state index contributed by atoms with van der Waals surface area (Å²) in [5, 5.41) is 12.1. The van der Waals surface area contributed by atoms with Crippen molar-refractivity contribution in [2.75, 3.05) is 11.1 Å². The lowest BCUT2D eigenvalue weighted by Gasteiger charge is -2.10. The van der Waals surface area contributed by atoms with Crippen molar-refractivity contribution in [3.05, 3.63) is 65.5 Å². The number of hydrogen-bond acceptors (Lipinski definition) is 5. The zero-order valence-corrected chi connectivity index (χ0v) is 17.1. The zero-order chi connectivity index (χ0) is 19.9. The molecule has 3 rings (SSSR count). The lowest BCUT2D eigenvalue weighted by molar-refractivity contribution is -0.113. The van der Waals surface area contributed by atoms with Gasteiger partial charge in [-0.3, -0.25) is 4.79 Å².